The lowest BCUT2D eigenvalue weighted by molar-refractivity contribution is -0.383. The van der Waals surface area contributed by atoms with Crippen molar-refractivity contribution >= 4 is 34.3 Å². The molecule has 0 N–H and O–H groups in total. The Balaban J connectivity index is 3.35. The van der Waals surface area contributed by atoms with Crippen LogP contribution in [0.2, 0.25) is 0 Å². The van der Waals surface area contributed by atoms with Crippen molar-refractivity contribution in [3.05, 3.63) is 32.8 Å². The molecule has 0 fully saturated rings. The van der Waals surface area contributed by atoms with Gasteiger partial charge in [0.05, 0.1) is 11.5 Å². The van der Waals surface area contributed by atoms with Crippen molar-refractivity contribution in [3.63, 3.8) is 0 Å². The number of hydrogen-bond donors (Lipinski definition) is 0. The van der Waals surface area contributed by atoms with Gasteiger partial charge in [-0.05, 0) is 19.1 Å². The largest absolute Gasteiger partial charge is 0.326 e. The number of hydrogen-bond acceptors (Lipinski definition) is 4. The summed E-state index contributed by atoms with van der Waals surface area (Å²) in [6.07, 6.45) is 0. The molecule has 0 aliphatic heterocycles. The first-order chi connectivity index (χ1) is 7.38. The molecule has 16 heavy (non-hydrogen) atoms. The maximum Gasteiger partial charge on any atom is 0.282 e. The van der Waals surface area contributed by atoms with Crippen molar-refractivity contribution in [2.45, 2.75) is 6.92 Å². The third kappa shape index (κ3) is 2.90. The minimum absolute atomic E-state index is 0.133. The number of halogens is 1. The van der Waals surface area contributed by atoms with Gasteiger partial charge >= 0.3 is 0 Å². The average Bonchev–Trinajstić information content (AvgIpc) is 2.17. The fourth-order valence-electron chi connectivity index (χ4n) is 1.29. The zero-order valence-corrected chi connectivity index (χ0v) is 11.3. The predicted molar refractivity (Wildman–Crippen MR) is 65.6 cm³/mol. The molecule has 0 bridgehead atoms. The van der Waals surface area contributed by atoms with Gasteiger partial charge in [0.25, 0.3) is 5.69 Å². The summed E-state index contributed by atoms with van der Waals surface area (Å²) in [7, 11) is -3.14. The van der Waals surface area contributed by atoms with E-state index in [9.17, 15) is 14.7 Å². The molecule has 88 valence electrons. The van der Waals surface area contributed by atoms with Crippen LogP contribution < -0.4 is 5.30 Å². The fourth-order valence-corrected chi connectivity index (χ4v) is 3.41. The smallest absolute Gasteiger partial charge is 0.282 e. The summed E-state index contributed by atoms with van der Waals surface area (Å²) in [4.78, 5) is 10.2. The first kappa shape index (κ1) is 13.4. The van der Waals surface area contributed by atoms with Gasteiger partial charge in [0.2, 0.25) is 7.37 Å². The van der Waals surface area contributed by atoms with E-state index in [0.717, 1.165) is 0 Å². The zero-order valence-electron chi connectivity index (χ0n) is 8.84. The van der Waals surface area contributed by atoms with E-state index < -0.39 is 12.3 Å². The maximum atomic E-state index is 12.1. The third-order valence-electron chi connectivity index (χ3n) is 1.95. The van der Waals surface area contributed by atoms with Crippen LogP contribution in [0.5, 0.6) is 0 Å². The van der Waals surface area contributed by atoms with E-state index in [4.69, 9.17) is 4.52 Å². The van der Waals surface area contributed by atoms with Gasteiger partial charge in [0.15, 0.2) is 0 Å². The highest BCUT2D eigenvalue weighted by Gasteiger charge is 2.28. The molecule has 0 spiro atoms. The van der Waals surface area contributed by atoms with Gasteiger partial charge in [0, 0.05) is 17.2 Å². The molecule has 5 nitrogen and oxygen atoms in total. The Morgan fingerprint density at radius 3 is 2.69 bits per heavy atom. The lowest BCUT2D eigenvalue weighted by atomic mass is 10.3. The van der Waals surface area contributed by atoms with E-state index in [1.165, 1.54) is 24.9 Å². The second-order valence-electron chi connectivity index (χ2n) is 3.15. The van der Waals surface area contributed by atoms with E-state index in [-0.39, 0.29) is 17.6 Å². The summed E-state index contributed by atoms with van der Waals surface area (Å²) >= 11 is 3.19. The van der Waals surface area contributed by atoms with Crippen molar-refractivity contribution < 1.29 is 14.0 Å². The molecule has 0 aliphatic carbocycles. The number of rotatable bonds is 4. The monoisotopic (exact) mass is 307 g/mol. The molecule has 0 amide bonds. The lowest BCUT2D eigenvalue weighted by Crippen LogP contribution is -2.12. The molecular weight excluding hydrogens is 297 g/mol. The second-order valence-corrected chi connectivity index (χ2v) is 6.50. The summed E-state index contributed by atoms with van der Waals surface area (Å²) in [5, 5.41) is 10.9. The molecule has 1 unspecified atom stereocenters. The number of nitro benzene ring substituents is 1. The quantitative estimate of drug-likeness (QED) is 0.487. The summed E-state index contributed by atoms with van der Waals surface area (Å²) in [6.45, 7) is 3.32. The highest BCUT2D eigenvalue weighted by Crippen LogP contribution is 2.44. The van der Waals surface area contributed by atoms with Gasteiger partial charge in [0.1, 0.15) is 5.30 Å². The predicted octanol–water partition coefficient (Wildman–Crippen LogP) is 2.93. The van der Waals surface area contributed by atoms with Gasteiger partial charge in [-0.1, -0.05) is 15.9 Å². The van der Waals surface area contributed by atoms with Crippen LogP contribution in [0.4, 0.5) is 5.69 Å². The van der Waals surface area contributed by atoms with Crippen LogP contribution in [-0.4, -0.2) is 18.2 Å². The summed E-state index contributed by atoms with van der Waals surface area (Å²) < 4.78 is 17.9. The van der Waals surface area contributed by atoms with Crippen LogP contribution in [-0.2, 0) is 9.09 Å². The molecule has 0 aliphatic rings. The molecule has 0 heterocycles. The summed E-state index contributed by atoms with van der Waals surface area (Å²) in [6, 6.07) is 4.32. The molecule has 1 aromatic carbocycles. The molecular formula is C9H11BrNO4P. The van der Waals surface area contributed by atoms with E-state index >= 15 is 0 Å². The van der Waals surface area contributed by atoms with Gasteiger partial charge in [-0.3, -0.25) is 14.7 Å². The Labute approximate surface area is 102 Å². The van der Waals surface area contributed by atoms with Crippen LogP contribution in [0.3, 0.4) is 0 Å². The summed E-state index contributed by atoms with van der Waals surface area (Å²) in [5.41, 5.74) is -0.178. The van der Waals surface area contributed by atoms with Crippen molar-refractivity contribution in [2.24, 2.45) is 0 Å². The fraction of sp³-hybridized carbons (Fsp3) is 0.333. The average molecular weight is 308 g/mol. The SMILES string of the molecule is CCOP(C)(=O)c1cc(Br)ccc1[N+](=O)[O-]. The van der Waals surface area contributed by atoms with Crippen molar-refractivity contribution in [1.29, 1.82) is 0 Å². The number of benzene rings is 1. The molecule has 1 aromatic rings. The van der Waals surface area contributed by atoms with Gasteiger partial charge in [-0.2, -0.15) is 0 Å². The van der Waals surface area contributed by atoms with E-state index in [1.54, 1.807) is 6.92 Å². The Bertz CT molecular complexity index is 463. The van der Waals surface area contributed by atoms with Crippen molar-refractivity contribution in [1.82, 2.24) is 0 Å². The van der Waals surface area contributed by atoms with Gasteiger partial charge in [-0.25, -0.2) is 0 Å². The van der Waals surface area contributed by atoms with Crippen LogP contribution >= 0.6 is 23.3 Å². The van der Waals surface area contributed by atoms with Crippen LogP contribution in [0.25, 0.3) is 0 Å². The van der Waals surface area contributed by atoms with Crippen LogP contribution in [0.1, 0.15) is 6.92 Å². The van der Waals surface area contributed by atoms with Gasteiger partial charge in [-0.15, -0.1) is 0 Å². The van der Waals surface area contributed by atoms with E-state index in [0.29, 0.717) is 4.47 Å². The highest BCUT2D eigenvalue weighted by molar-refractivity contribution is 9.10. The third-order valence-corrected chi connectivity index (χ3v) is 4.42. The Morgan fingerprint density at radius 1 is 1.56 bits per heavy atom. The topological polar surface area (TPSA) is 69.4 Å². The number of nitro groups is 1. The standard InChI is InChI=1S/C9H11BrNO4P/c1-3-15-16(2,14)9-6-7(10)4-5-8(9)11(12)13/h4-6H,3H2,1-2H3. The molecule has 1 atom stereocenters. The molecule has 0 aromatic heterocycles. The minimum Gasteiger partial charge on any atom is -0.326 e. The molecule has 0 saturated heterocycles. The minimum atomic E-state index is -3.14. The van der Waals surface area contributed by atoms with E-state index in [2.05, 4.69) is 15.9 Å². The molecule has 0 saturated carbocycles. The molecule has 0 radical (unpaired) electrons. The molecule has 1 rings (SSSR count). The first-order valence-electron chi connectivity index (χ1n) is 4.55. The Morgan fingerprint density at radius 2 is 2.19 bits per heavy atom. The highest BCUT2D eigenvalue weighted by atomic mass is 79.9. The molecule has 7 heteroatoms. The zero-order chi connectivity index (χ0) is 12.3. The second kappa shape index (κ2) is 5.08. The van der Waals surface area contributed by atoms with Crippen LogP contribution in [0, 0.1) is 10.1 Å². The Hall–Kier alpha value is -0.710. The Kier molecular flexibility index (Phi) is 4.24. The van der Waals surface area contributed by atoms with Crippen molar-refractivity contribution in [3.8, 4) is 0 Å². The normalized spacial score (nSPS) is 14.4. The van der Waals surface area contributed by atoms with Gasteiger partial charge < -0.3 is 4.52 Å². The van der Waals surface area contributed by atoms with Crippen LogP contribution in [0.15, 0.2) is 22.7 Å². The number of nitrogens with zero attached hydrogens (tertiary/aromatic N) is 1. The summed E-state index contributed by atoms with van der Waals surface area (Å²) in [5.74, 6) is 0. The lowest BCUT2D eigenvalue weighted by Gasteiger charge is -2.13. The first-order valence-corrected chi connectivity index (χ1v) is 7.41. The van der Waals surface area contributed by atoms with E-state index in [1.807, 2.05) is 0 Å². The van der Waals surface area contributed by atoms with Crippen molar-refractivity contribution in [2.75, 3.05) is 13.3 Å². The maximum absolute atomic E-state index is 12.1.